The molecule has 0 bridgehead atoms. The van der Waals surface area contributed by atoms with Gasteiger partial charge in [0.15, 0.2) is 0 Å². The predicted molar refractivity (Wildman–Crippen MR) is 78.6 cm³/mol. The summed E-state index contributed by atoms with van der Waals surface area (Å²) in [5, 5.41) is 0. The Kier molecular flexibility index (Phi) is 3.52. The monoisotopic (exact) mass is 274 g/mol. The minimum atomic E-state index is 0.0215. The average molecular weight is 274 g/mol. The molecular formula is C16H22N2O2. The molecule has 0 radical (unpaired) electrons. The number of aryl methyl sites for hydroxylation is 1. The molecule has 2 aliphatic rings. The van der Waals surface area contributed by atoms with Crippen molar-refractivity contribution in [2.75, 3.05) is 18.6 Å². The number of nitrogens with two attached hydrogens (primary N) is 1. The van der Waals surface area contributed by atoms with Crippen LogP contribution in [0.25, 0.3) is 0 Å². The second-order valence-electron chi connectivity index (χ2n) is 6.01. The summed E-state index contributed by atoms with van der Waals surface area (Å²) in [5.74, 6) is 0.582. The molecular weight excluding hydrogens is 252 g/mol. The van der Waals surface area contributed by atoms with Gasteiger partial charge in [0, 0.05) is 31.1 Å². The van der Waals surface area contributed by atoms with Crippen LogP contribution in [0.5, 0.6) is 0 Å². The summed E-state index contributed by atoms with van der Waals surface area (Å²) in [6.07, 6.45) is 2.74. The summed E-state index contributed by atoms with van der Waals surface area (Å²) < 4.78 is 5.62. The zero-order chi connectivity index (χ0) is 14.3. The number of anilines is 1. The third-order valence-electron chi connectivity index (χ3n) is 4.57. The molecule has 2 N–H and O–H groups in total. The maximum atomic E-state index is 11.7. The van der Waals surface area contributed by atoms with Gasteiger partial charge in [0.1, 0.15) is 0 Å². The molecule has 0 aromatic heterocycles. The zero-order valence-electron chi connectivity index (χ0n) is 12.1. The van der Waals surface area contributed by atoms with Crippen LogP contribution in [0.2, 0.25) is 0 Å². The van der Waals surface area contributed by atoms with Crippen LogP contribution in [0, 0.1) is 5.92 Å². The number of fused-ring (bicyclic) bond motifs is 1. The van der Waals surface area contributed by atoms with Crippen molar-refractivity contribution in [2.24, 2.45) is 11.7 Å². The van der Waals surface area contributed by atoms with Gasteiger partial charge in [-0.2, -0.15) is 0 Å². The Hall–Kier alpha value is -1.39. The van der Waals surface area contributed by atoms with E-state index in [2.05, 4.69) is 19.1 Å². The molecule has 1 amide bonds. The van der Waals surface area contributed by atoms with Gasteiger partial charge in [0.2, 0.25) is 5.91 Å². The smallest absolute Gasteiger partial charge is 0.227 e. The van der Waals surface area contributed by atoms with E-state index in [0.717, 1.165) is 30.7 Å². The van der Waals surface area contributed by atoms with Crippen LogP contribution in [0.15, 0.2) is 18.2 Å². The second kappa shape index (κ2) is 5.19. The molecule has 2 aliphatic heterocycles. The van der Waals surface area contributed by atoms with Crippen LogP contribution in [-0.2, 0) is 16.0 Å². The van der Waals surface area contributed by atoms with E-state index >= 15 is 0 Å². The molecule has 108 valence electrons. The summed E-state index contributed by atoms with van der Waals surface area (Å²) in [4.78, 5) is 13.5. The number of benzene rings is 1. The number of rotatable bonds is 2. The Morgan fingerprint density at radius 2 is 2.20 bits per heavy atom. The van der Waals surface area contributed by atoms with Gasteiger partial charge >= 0.3 is 0 Å². The summed E-state index contributed by atoms with van der Waals surface area (Å²) >= 11 is 0. The molecule has 0 saturated carbocycles. The Morgan fingerprint density at radius 3 is 2.90 bits per heavy atom. The number of carbonyl (C=O) groups is 1. The van der Waals surface area contributed by atoms with Gasteiger partial charge in [-0.05, 0) is 37.0 Å². The first kappa shape index (κ1) is 13.6. The normalized spacial score (nSPS) is 27.6. The fourth-order valence-electron chi connectivity index (χ4n) is 3.26. The van der Waals surface area contributed by atoms with Crippen molar-refractivity contribution in [3.05, 3.63) is 29.3 Å². The van der Waals surface area contributed by atoms with E-state index in [9.17, 15) is 4.79 Å². The van der Waals surface area contributed by atoms with Gasteiger partial charge in [-0.25, -0.2) is 0 Å². The molecule has 4 nitrogen and oxygen atoms in total. The highest BCUT2D eigenvalue weighted by molar-refractivity contribution is 5.95. The Labute approximate surface area is 119 Å². The minimum absolute atomic E-state index is 0.0215. The predicted octanol–water partition coefficient (Wildman–Crippen LogP) is 2.02. The number of nitrogens with zero attached hydrogens (tertiary/aromatic N) is 1. The van der Waals surface area contributed by atoms with E-state index < -0.39 is 0 Å². The lowest BCUT2D eigenvalue weighted by Gasteiger charge is -2.27. The van der Waals surface area contributed by atoms with E-state index in [1.54, 1.807) is 4.90 Å². The molecule has 20 heavy (non-hydrogen) atoms. The average Bonchev–Trinajstić information content (AvgIpc) is 2.88. The van der Waals surface area contributed by atoms with Crippen molar-refractivity contribution in [2.45, 2.75) is 38.3 Å². The van der Waals surface area contributed by atoms with E-state index in [-0.39, 0.29) is 11.9 Å². The van der Waals surface area contributed by atoms with Crippen molar-refractivity contribution in [1.82, 2.24) is 0 Å². The van der Waals surface area contributed by atoms with Crippen LogP contribution in [0.3, 0.4) is 0 Å². The van der Waals surface area contributed by atoms with Gasteiger partial charge in [0.25, 0.3) is 0 Å². The standard InChI is InChI=1S/C16H22N2O2/c1-10-7-13(9-20-10)16(17)12-3-5-14-11(8-12)4-6-15(19)18(14)2/h3,5,8,10,13,16H,4,6-7,9,17H2,1-2H3. The van der Waals surface area contributed by atoms with E-state index in [4.69, 9.17) is 10.5 Å². The lowest BCUT2D eigenvalue weighted by Crippen LogP contribution is -2.31. The lowest BCUT2D eigenvalue weighted by molar-refractivity contribution is -0.118. The minimum Gasteiger partial charge on any atom is -0.378 e. The number of ether oxygens (including phenoxy) is 1. The molecule has 2 heterocycles. The summed E-state index contributed by atoms with van der Waals surface area (Å²) in [7, 11) is 1.84. The van der Waals surface area contributed by atoms with Crippen LogP contribution in [0.4, 0.5) is 5.69 Å². The molecule has 0 spiro atoms. The third-order valence-corrected chi connectivity index (χ3v) is 4.57. The first-order chi connectivity index (χ1) is 9.56. The first-order valence-corrected chi connectivity index (χ1v) is 7.33. The van der Waals surface area contributed by atoms with Crippen LogP contribution in [-0.4, -0.2) is 25.7 Å². The van der Waals surface area contributed by atoms with Crippen molar-refractivity contribution in [1.29, 1.82) is 0 Å². The Morgan fingerprint density at radius 1 is 1.40 bits per heavy atom. The summed E-state index contributed by atoms with van der Waals surface area (Å²) in [6.45, 7) is 2.85. The van der Waals surface area contributed by atoms with Crippen molar-refractivity contribution in [3.63, 3.8) is 0 Å². The van der Waals surface area contributed by atoms with E-state index in [1.165, 1.54) is 5.56 Å². The highest BCUT2D eigenvalue weighted by atomic mass is 16.5. The van der Waals surface area contributed by atoms with Crippen molar-refractivity contribution < 1.29 is 9.53 Å². The summed E-state index contributed by atoms with van der Waals surface area (Å²) in [6, 6.07) is 6.28. The number of hydrogen-bond donors (Lipinski definition) is 1. The Balaban J connectivity index is 1.83. The topological polar surface area (TPSA) is 55.6 Å². The lowest BCUT2D eigenvalue weighted by atomic mass is 9.89. The molecule has 3 rings (SSSR count). The molecule has 1 aromatic carbocycles. The fraction of sp³-hybridized carbons (Fsp3) is 0.562. The number of carbonyl (C=O) groups excluding carboxylic acids is 1. The maximum absolute atomic E-state index is 11.7. The number of hydrogen-bond acceptors (Lipinski definition) is 3. The van der Waals surface area contributed by atoms with Gasteiger partial charge in [-0.1, -0.05) is 12.1 Å². The highest BCUT2D eigenvalue weighted by Gasteiger charge is 2.29. The summed E-state index contributed by atoms with van der Waals surface area (Å²) in [5.41, 5.74) is 9.81. The van der Waals surface area contributed by atoms with E-state index in [0.29, 0.717) is 18.4 Å². The molecule has 1 fully saturated rings. The van der Waals surface area contributed by atoms with Gasteiger partial charge in [-0.15, -0.1) is 0 Å². The largest absolute Gasteiger partial charge is 0.378 e. The van der Waals surface area contributed by atoms with Crippen molar-refractivity contribution in [3.8, 4) is 0 Å². The van der Waals surface area contributed by atoms with Crippen molar-refractivity contribution >= 4 is 11.6 Å². The van der Waals surface area contributed by atoms with Gasteiger partial charge < -0.3 is 15.4 Å². The molecule has 0 aliphatic carbocycles. The molecule has 1 aromatic rings. The Bertz CT molecular complexity index is 529. The molecule has 3 atom stereocenters. The number of amides is 1. The third kappa shape index (κ3) is 2.34. The SMILES string of the molecule is CC1CC(C(N)c2ccc3c(c2)CCC(=O)N3C)CO1. The van der Waals surface area contributed by atoms with E-state index in [1.807, 2.05) is 13.1 Å². The zero-order valence-corrected chi connectivity index (χ0v) is 12.1. The van der Waals surface area contributed by atoms with Gasteiger partial charge in [0.05, 0.1) is 12.7 Å². The first-order valence-electron chi connectivity index (χ1n) is 7.33. The fourth-order valence-corrected chi connectivity index (χ4v) is 3.26. The van der Waals surface area contributed by atoms with Crippen LogP contribution < -0.4 is 10.6 Å². The quantitative estimate of drug-likeness (QED) is 0.897. The maximum Gasteiger partial charge on any atom is 0.227 e. The molecule has 4 heteroatoms. The highest BCUT2D eigenvalue weighted by Crippen LogP contribution is 2.34. The van der Waals surface area contributed by atoms with Gasteiger partial charge in [-0.3, -0.25) is 4.79 Å². The molecule has 1 saturated heterocycles. The van der Waals surface area contributed by atoms with Crippen LogP contribution in [0.1, 0.15) is 36.9 Å². The second-order valence-corrected chi connectivity index (χ2v) is 6.01. The molecule has 3 unspecified atom stereocenters. The van der Waals surface area contributed by atoms with Crippen LogP contribution >= 0.6 is 0 Å².